The molecule has 0 unspecified atom stereocenters. The summed E-state index contributed by atoms with van der Waals surface area (Å²) in [5.41, 5.74) is 2.83. The van der Waals surface area contributed by atoms with Crippen LogP contribution >= 0.6 is 11.6 Å². The molecule has 0 heterocycles. The lowest BCUT2D eigenvalue weighted by molar-refractivity contribution is 0.101. The van der Waals surface area contributed by atoms with Crippen LogP contribution in [0.4, 0.5) is 0 Å². The second-order valence-electron chi connectivity index (χ2n) is 4.76. The van der Waals surface area contributed by atoms with Gasteiger partial charge in [0.2, 0.25) is 0 Å². The number of ketones is 1. The summed E-state index contributed by atoms with van der Waals surface area (Å²) in [6.07, 6.45) is 0. The number of Topliss-reactive ketones (excluding diaryl/α,β-unsaturated/α-hetero) is 1. The van der Waals surface area contributed by atoms with Crippen LogP contribution < -0.4 is 4.74 Å². The van der Waals surface area contributed by atoms with E-state index in [9.17, 15) is 4.79 Å². The lowest BCUT2D eigenvalue weighted by Crippen LogP contribution is -2.02. The van der Waals surface area contributed by atoms with Crippen molar-refractivity contribution in [3.05, 3.63) is 63.7 Å². The minimum Gasteiger partial charge on any atom is -0.488 e. The Balaban J connectivity index is 2.21. The number of hydrogen-bond acceptors (Lipinski definition) is 3. The molecular weight excluding hydrogens is 286 g/mol. The maximum Gasteiger partial charge on any atom is 0.163 e. The summed E-state index contributed by atoms with van der Waals surface area (Å²) in [7, 11) is 0. The summed E-state index contributed by atoms with van der Waals surface area (Å²) in [5, 5.41) is 9.28. The Morgan fingerprint density at radius 1 is 1.29 bits per heavy atom. The van der Waals surface area contributed by atoms with Crippen LogP contribution in [-0.4, -0.2) is 5.78 Å². The Kier molecular flexibility index (Phi) is 4.62. The second-order valence-corrected chi connectivity index (χ2v) is 5.17. The van der Waals surface area contributed by atoms with Gasteiger partial charge in [0.25, 0.3) is 0 Å². The normalized spacial score (nSPS) is 10.0. The number of nitriles is 1. The Labute approximate surface area is 128 Å². The van der Waals surface area contributed by atoms with Gasteiger partial charge in [0, 0.05) is 10.6 Å². The average molecular weight is 300 g/mol. The van der Waals surface area contributed by atoms with Crippen molar-refractivity contribution in [3.63, 3.8) is 0 Å². The summed E-state index contributed by atoms with van der Waals surface area (Å²) < 4.78 is 5.71. The number of hydrogen-bond donors (Lipinski definition) is 0. The van der Waals surface area contributed by atoms with Gasteiger partial charge in [-0.05, 0) is 38.1 Å². The number of ether oxygens (including phenoxy) is 1. The Morgan fingerprint density at radius 2 is 2.05 bits per heavy atom. The third kappa shape index (κ3) is 3.62. The van der Waals surface area contributed by atoms with E-state index in [1.54, 1.807) is 30.3 Å². The highest BCUT2D eigenvalue weighted by atomic mass is 35.5. The molecule has 3 nitrogen and oxygen atoms in total. The van der Waals surface area contributed by atoms with Crippen LogP contribution in [0.1, 0.15) is 34.0 Å². The monoisotopic (exact) mass is 299 g/mol. The van der Waals surface area contributed by atoms with E-state index < -0.39 is 0 Å². The molecule has 0 aliphatic carbocycles. The molecule has 106 valence electrons. The predicted molar refractivity (Wildman–Crippen MR) is 81.7 cm³/mol. The lowest BCUT2D eigenvalue weighted by atomic mass is 10.1. The van der Waals surface area contributed by atoms with Crippen molar-refractivity contribution in [1.82, 2.24) is 0 Å². The van der Waals surface area contributed by atoms with Gasteiger partial charge in [-0.3, -0.25) is 4.79 Å². The minimum absolute atomic E-state index is 0.0420. The number of rotatable bonds is 4. The Hall–Kier alpha value is -2.31. The molecule has 21 heavy (non-hydrogen) atoms. The first-order chi connectivity index (χ1) is 10.0. The molecule has 2 aromatic rings. The molecule has 0 N–H and O–H groups in total. The quantitative estimate of drug-likeness (QED) is 0.791. The molecule has 0 aromatic heterocycles. The summed E-state index contributed by atoms with van der Waals surface area (Å²) in [6.45, 7) is 3.68. The van der Waals surface area contributed by atoms with Gasteiger partial charge in [-0.15, -0.1) is 0 Å². The van der Waals surface area contributed by atoms with Gasteiger partial charge in [-0.2, -0.15) is 5.26 Å². The van der Waals surface area contributed by atoms with Gasteiger partial charge in [-0.25, -0.2) is 0 Å². The Morgan fingerprint density at radius 3 is 2.67 bits per heavy atom. The first kappa shape index (κ1) is 15.1. The number of carbonyl (C=O) groups is 1. The van der Waals surface area contributed by atoms with Gasteiger partial charge in [-0.1, -0.05) is 29.3 Å². The van der Waals surface area contributed by atoms with Gasteiger partial charge in [0.1, 0.15) is 12.4 Å². The van der Waals surface area contributed by atoms with Crippen LogP contribution in [0.15, 0.2) is 36.4 Å². The largest absolute Gasteiger partial charge is 0.488 e. The summed E-state index contributed by atoms with van der Waals surface area (Å²) in [5.74, 6) is 0.494. The van der Waals surface area contributed by atoms with E-state index in [0.29, 0.717) is 21.9 Å². The fraction of sp³-hybridized carbons (Fsp3) is 0.176. The molecular formula is C17H14ClNO2. The van der Waals surface area contributed by atoms with Gasteiger partial charge in [0.05, 0.1) is 17.2 Å². The van der Waals surface area contributed by atoms with E-state index in [1.807, 2.05) is 19.1 Å². The van der Waals surface area contributed by atoms with Crippen molar-refractivity contribution in [1.29, 1.82) is 5.26 Å². The highest BCUT2D eigenvalue weighted by molar-refractivity contribution is 6.31. The fourth-order valence-electron chi connectivity index (χ4n) is 1.93. The van der Waals surface area contributed by atoms with Crippen LogP contribution in [0.3, 0.4) is 0 Å². The summed E-state index contributed by atoms with van der Waals surface area (Å²) in [6, 6.07) is 12.5. The van der Waals surface area contributed by atoms with E-state index in [-0.39, 0.29) is 12.4 Å². The maximum atomic E-state index is 11.6. The van der Waals surface area contributed by atoms with Crippen molar-refractivity contribution >= 4 is 17.4 Å². The highest BCUT2D eigenvalue weighted by Gasteiger charge is 2.10. The molecule has 2 aromatic carbocycles. The molecule has 4 heteroatoms. The molecule has 0 aliphatic heterocycles. The van der Waals surface area contributed by atoms with E-state index in [2.05, 4.69) is 0 Å². The van der Waals surface area contributed by atoms with E-state index in [0.717, 1.165) is 11.1 Å². The number of halogens is 1. The number of aryl methyl sites for hydroxylation is 1. The fourth-order valence-corrected chi connectivity index (χ4v) is 2.17. The van der Waals surface area contributed by atoms with Crippen LogP contribution in [0.25, 0.3) is 0 Å². The van der Waals surface area contributed by atoms with Crippen molar-refractivity contribution in [2.75, 3.05) is 0 Å². The van der Waals surface area contributed by atoms with Crippen molar-refractivity contribution < 1.29 is 9.53 Å². The zero-order valence-electron chi connectivity index (χ0n) is 11.8. The molecule has 0 radical (unpaired) electrons. The zero-order chi connectivity index (χ0) is 15.4. The number of nitrogens with zero attached hydrogens (tertiary/aromatic N) is 1. The zero-order valence-corrected chi connectivity index (χ0v) is 12.6. The first-order valence-electron chi connectivity index (χ1n) is 6.44. The standard InChI is InChI=1S/C17H14ClNO2/c1-11-3-6-17(15(7-11)12(2)20)21-10-14-5-4-13(9-19)8-16(14)18/h3-8H,10H2,1-2H3. The number of carbonyl (C=O) groups excluding carboxylic acids is 1. The van der Waals surface area contributed by atoms with Crippen LogP contribution in [0.2, 0.25) is 5.02 Å². The highest BCUT2D eigenvalue weighted by Crippen LogP contribution is 2.24. The average Bonchev–Trinajstić information content (AvgIpc) is 2.46. The van der Waals surface area contributed by atoms with Crippen LogP contribution in [0.5, 0.6) is 5.75 Å². The third-order valence-electron chi connectivity index (χ3n) is 3.08. The minimum atomic E-state index is -0.0420. The van der Waals surface area contributed by atoms with Gasteiger partial charge in [0.15, 0.2) is 5.78 Å². The van der Waals surface area contributed by atoms with Crippen LogP contribution in [-0.2, 0) is 6.61 Å². The molecule has 2 rings (SSSR count). The molecule has 0 saturated heterocycles. The van der Waals surface area contributed by atoms with Crippen molar-refractivity contribution in [3.8, 4) is 11.8 Å². The third-order valence-corrected chi connectivity index (χ3v) is 3.43. The smallest absolute Gasteiger partial charge is 0.163 e. The van der Waals surface area contributed by atoms with Gasteiger partial charge >= 0.3 is 0 Å². The predicted octanol–water partition coefficient (Wildman–Crippen LogP) is 4.30. The van der Waals surface area contributed by atoms with Gasteiger partial charge < -0.3 is 4.74 Å². The van der Waals surface area contributed by atoms with E-state index >= 15 is 0 Å². The molecule has 0 atom stereocenters. The maximum absolute atomic E-state index is 11.6. The first-order valence-corrected chi connectivity index (χ1v) is 6.82. The summed E-state index contributed by atoms with van der Waals surface area (Å²) >= 11 is 6.10. The number of benzene rings is 2. The molecule has 0 aliphatic rings. The molecule has 0 fully saturated rings. The molecule has 0 spiro atoms. The van der Waals surface area contributed by atoms with E-state index in [4.69, 9.17) is 21.6 Å². The molecule has 0 amide bonds. The summed E-state index contributed by atoms with van der Waals surface area (Å²) in [4.78, 5) is 11.6. The van der Waals surface area contributed by atoms with Crippen molar-refractivity contribution in [2.24, 2.45) is 0 Å². The Bertz CT molecular complexity index is 732. The topological polar surface area (TPSA) is 50.1 Å². The van der Waals surface area contributed by atoms with Crippen LogP contribution in [0, 0.1) is 18.3 Å². The van der Waals surface area contributed by atoms with Crippen molar-refractivity contribution in [2.45, 2.75) is 20.5 Å². The molecule has 0 saturated carbocycles. The molecule has 0 bridgehead atoms. The van der Waals surface area contributed by atoms with E-state index in [1.165, 1.54) is 6.92 Å². The second kappa shape index (κ2) is 6.43. The SMILES string of the molecule is CC(=O)c1cc(C)ccc1OCc1ccc(C#N)cc1Cl. The lowest BCUT2D eigenvalue weighted by Gasteiger charge is -2.11.